The lowest BCUT2D eigenvalue weighted by Crippen LogP contribution is -2.46. The van der Waals surface area contributed by atoms with Gasteiger partial charge in [0.15, 0.2) is 0 Å². The number of aromatic amines is 1. The quantitative estimate of drug-likeness (QED) is 0.708. The van der Waals surface area contributed by atoms with Gasteiger partial charge < -0.3 is 15.4 Å². The first-order chi connectivity index (χ1) is 11.0. The van der Waals surface area contributed by atoms with Crippen molar-refractivity contribution in [3.8, 4) is 0 Å². The minimum Gasteiger partial charge on any atom is -0.394 e. The molecule has 0 aliphatic heterocycles. The third kappa shape index (κ3) is 3.68. The summed E-state index contributed by atoms with van der Waals surface area (Å²) < 4.78 is 0.864. The zero-order valence-electron chi connectivity index (χ0n) is 13.2. The Morgan fingerprint density at radius 3 is 2.70 bits per heavy atom. The fraction of sp³-hybridized carbons (Fsp3) is 0.438. The largest absolute Gasteiger partial charge is 0.394 e. The molecule has 0 aliphatic carbocycles. The molecule has 0 bridgehead atoms. The van der Waals surface area contributed by atoms with Crippen molar-refractivity contribution >= 4 is 16.8 Å². The molecule has 3 N–H and O–H groups in total. The molecule has 2 atom stereocenters. The summed E-state index contributed by atoms with van der Waals surface area (Å²) in [6.45, 7) is 3.30. The van der Waals surface area contributed by atoms with E-state index in [1.54, 1.807) is 24.3 Å². The highest BCUT2D eigenvalue weighted by molar-refractivity contribution is 5.79. The van der Waals surface area contributed by atoms with Crippen molar-refractivity contribution in [2.45, 2.75) is 32.9 Å². The van der Waals surface area contributed by atoms with Crippen molar-refractivity contribution in [2.75, 3.05) is 6.61 Å². The first-order valence-corrected chi connectivity index (χ1v) is 7.60. The maximum Gasteiger partial charge on any atom is 0.329 e. The van der Waals surface area contributed by atoms with Crippen LogP contribution < -0.4 is 16.6 Å². The van der Waals surface area contributed by atoms with Crippen molar-refractivity contribution in [3.05, 3.63) is 45.1 Å². The minimum absolute atomic E-state index is 0.0931. The third-order valence-electron chi connectivity index (χ3n) is 4.07. The van der Waals surface area contributed by atoms with Gasteiger partial charge in [-0.05, 0) is 18.1 Å². The fourth-order valence-corrected chi connectivity index (χ4v) is 2.39. The second-order valence-electron chi connectivity index (χ2n) is 5.61. The van der Waals surface area contributed by atoms with Gasteiger partial charge in [0.2, 0.25) is 5.91 Å². The number of hydrogen-bond donors (Lipinski definition) is 3. The van der Waals surface area contributed by atoms with Crippen LogP contribution in [0.25, 0.3) is 10.9 Å². The summed E-state index contributed by atoms with van der Waals surface area (Å²) in [5.41, 5.74) is -0.705. The summed E-state index contributed by atoms with van der Waals surface area (Å²) in [6.07, 6.45) is 0.794. The van der Waals surface area contributed by atoms with E-state index in [9.17, 15) is 19.5 Å². The van der Waals surface area contributed by atoms with Crippen molar-refractivity contribution in [2.24, 2.45) is 5.92 Å². The molecule has 1 aromatic carbocycles. The molecule has 0 saturated heterocycles. The van der Waals surface area contributed by atoms with Crippen LogP contribution in [0.5, 0.6) is 0 Å². The smallest absolute Gasteiger partial charge is 0.329 e. The number of H-pyrrole nitrogens is 1. The van der Waals surface area contributed by atoms with Crippen LogP contribution in [0.3, 0.4) is 0 Å². The number of amides is 1. The highest BCUT2D eigenvalue weighted by atomic mass is 16.3. The van der Waals surface area contributed by atoms with E-state index in [-0.39, 0.29) is 19.1 Å². The third-order valence-corrected chi connectivity index (χ3v) is 4.07. The van der Waals surface area contributed by atoms with Gasteiger partial charge in [0.05, 0.1) is 23.6 Å². The minimum atomic E-state index is -0.632. The molecule has 0 saturated carbocycles. The number of rotatable bonds is 6. The zero-order chi connectivity index (χ0) is 17.0. The van der Waals surface area contributed by atoms with Crippen LogP contribution in [-0.4, -0.2) is 33.2 Å². The lowest BCUT2D eigenvalue weighted by Gasteiger charge is -2.22. The van der Waals surface area contributed by atoms with Crippen LogP contribution in [0.4, 0.5) is 0 Å². The Kier molecular flexibility index (Phi) is 5.33. The predicted molar refractivity (Wildman–Crippen MR) is 87.3 cm³/mol. The molecule has 0 aliphatic rings. The van der Waals surface area contributed by atoms with Gasteiger partial charge in [-0.2, -0.15) is 0 Å². The number of aromatic nitrogens is 2. The number of benzene rings is 1. The van der Waals surface area contributed by atoms with Crippen molar-refractivity contribution in [1.29, 1.82) is 0 Å². The van der Waals surface area contributed by atoms with E-state index in [4.69, 9.17) is 0 Å². The van der Waals surface area contributed by atoms with E-state index in [1.807, 2.05) is 13.8 Å². The number of aliphatic hydroxyl groups is 1. The summed E-state index contributed by atoms with van der Waals surface area (Å²) in [7, 11) is 0. The van der Waals surface area contributed by atoms with E-state index < -0.39 is 23.2 Å². The average Bonchev–Trinajstić information content (AvgIpc) is 2.55. The van der Waals surface area contributed by atoms with Gasteiger partial charge in [-0.1, -0.05) is 32.4 Å². The summed E-state index contributed by atoms with van der Waals surface area (Å²) in [5.74, 6) is -0.386. The normalized spacial score (nSPS) is 13.7. The average molecular weight is 319 g/mol. The van der Waals surface area contributed by atoms with Gasteiger partial charge in [0, 0.05) is 0 Å². The van der Waals surface area contributed by atoms with Gasteiger partial charge >= 0.3 is 5.69 Å². The van der Waals surface area contributed by atoms with E-state index in [2.05, 4.69) is 10.3 Å². The van der Waals surface area contributed by atoms with E-state index in [0.717, 1.165) is 11.0 Å². The molecule has 2 aromatic rings. The summed E-state index contributed by atoms with van der Waals surface area (Å²) >= 11 is 0. The van der Waals surface area contributed by atoms with Gasteiger partial charge in [-0.25, -0.2) is 4.79 Å². The number of carbonyl (C=O) groups is 1. The molecule has 0 radical (unpaired) electrons. The molecule has 2 rings (SSSR count). The summed E-state index contributed by atoms with van der Waals surface area (Å²) in [6, 6.07) is 6.23. The Bertz CT molecular complexity index is 809. The Balaban J connectivity index is 2.26. The van der Waals surface area contributed by atoms with Crippen molar-refractivity contribution < 1.29 is 9.90 Å². The molecule has 7 nitrogen and oxygen atoms in total. The van der Waals surface area contributed by atoms with E-state index in [0.29, 0.717) is 10.9 Å². The highest BCUT2D eigenvalue weighted by Crippen LogP contribution is 2.07. The molecular formula is C16H21N3O4. The van der Waals surface area contributed by atoms with Crippen LogP contribution in [-0.2, 0) is 11.3 Å². The fourth-order valence-electron chi connectivity index (χ4n) is 2.39. The molecule has 7 heteroatoms. The van der Waals surface area contributed by atoms with Crippen molar-refractivity contribution in [3.63, 3.8) is 0 Å². The first-order valence-electron chi connectivity index (χ1n) is 7.60. The predicted octanol–water partition coefficient (Wildman–Crippen LogP) is 0.213. The number of nitrogens with one attached hydrogen (secondary N) is 2. The molecule has 1 aromatic heterocycles. The van der Waals surface area contributed by atoms with Gasteiger partial charge in [-0.15, -0.1) is 0 Å². The molecule has 1 heterocycles. The van der Waals surface area contributed by atoms with Crippen LogP contribution in [0, 0.1) is 5.92 Å². The zero-order valence-corrected chi connectivity index (χ0v) is 13.2. The summed E-state index contributed by atoms with van der Waals surface area (Å²) in [4.78, 5) is 39.0. The van der Waals surface area contributed by atoms with Crippen LogP contribution in [0.2, 0.25) is 0 Å². The van der Waals surface area contributed by atoms with Gasteiger partial charge in [0.1, 0.15) is 6.54 Å². The first kappa shape index (κ1) is 17.0. The molecule has 124 valence electrons. The van der Waals surface area contributed by atoms with Crippen molar-refractivity contribution in [1.82, 2.24) is 14.9 Å². The lowest BCUT2D eigenvalue weighted by atomic mass is 10.00. The molecule has 0 unspecified atom stereocenters. The Labute approximate surface area is 133 Å². The topological polar surface area (TPSA) is 104 Å². The second-order valence-corrected chi connectivity index (χ2v) is 5.61. The molecular weight excluding hydrogens is 298 g/mol. The van der Waals surface area contributed by atoms with Crippen LogP contribution in [0.1, 0.15) is 20.3 Å². The maximum absolute atomic E-state index is 12.3. The van der Waals surface area contributed by atoms with Gasteiger partial charge in [0.25, 0.3) is 5.56 Å². The number of hydrogen-bond acceptors (Lipinski definition) is 4. The number of nitrogens with zero attached hydrogens (tertiary/aromatic N) is 1. The maximum atomic E-state index is 12.3. The number of fused-ring (bicyclic) bond motifs is 1. The standard InChI is InChI=1S/C16H21N3O4/c1-3-10(2)13(9-20)17-14(21)8-19-15(22)11-6-4-5-7-12(11)18-16(19)23/h4-7,10,13,20H,3,8-9H2,1-2H3,(H,17,21)(H,18,23)/t10-,13-/m0/s1. The SMILES string of the molecule is CC[C@H](C)[C@H](CO)NC(=O)Cn1c(=O)[nH]c2ccccc2c1=O. The van der Waals surface area contributed by atoms with Crippen LogP contribution in [0.15, 0.2) is 33.9 Å². The number of carbonyl (C=O) groups excluding carboxylic acids is 1. The van der Waals surface area contributed by atoms with Crippen LogP contribution >= 0.6 is 0 Å². The second kappa shape index (κ2) is 7.23. The number of aliphatic hydroxyl groups excluding tert-OH is 1. The molecule has 23 heavy (non-hydrogen) atoms. The molecule has 0 fully saturated rings. The van der Waals surface area contributed by atoms with E-state index in [1.165, 1.54) is 0 Å². The van der Waals surface area contributed by atoms with E-state index >= 15 is 0 Å². The number of para-hydroxylation sites is 1. The Morgan fingerprint density at radius 2 is 2.04 bits per heavy atom. The monoisotopic (exact) mass is 319 g/mol. The molecule has 1 amide bonds. The van der Waals surface area contributed by atoms with Gasteiger partial charge in [-0.3, -0.25) is 14.2 Å². The summed E-state index contributed by atoms with van der Waals surface area (Å²) in [5, 5.41) is 12.4. The molecule has 0 spiro atoms. The lowest BCUT2D eigenvalue weighted by molar-refractivity contribution is -0.123. The Morgan fingerprint density at radius 1 is 1.35 bits per heavy atom. The highest BCUT2D eigenvalue weighted by Gasteiger charge is 2.18. The Hall–Kier alpha value is -2.41.